The third kappa shape index (κ3) is 3.81. The number of likely N-dealkylation sites (tertiary alicyclic amines) is 1. The number of amides is 1. The number of piperidine rings is 1. The first-order chi connectivity index (χ1) is 15.1. The van der Waals surface area contributed by atoms with Crippen molar-refractivity contribution in [3.63, 3.8) is 0 Å². The molecule has 31 heavy (non-hydrogen) atoms. The molecule has 1 amide bonds. The highest BCUT2D eigenvalue weighted by Crippen LogP contribution is 2.29. The Morgan fingerprint density at radius 3 is 2.87 bits per heavy atom. The number of hydrogen-bond donors (Lipinski definition) is 1. The van der Waals surface area contributed by atoms with Crippen molar-refractivity contribution in [3.8, 4) is 10.6 Å². The smallest absolute Gasteiger partial charge is 0.267 e. The number of para-hydroxylation sites is 1. The van der Waals surface area contributed by atoms with Gasteiger partial charge in [0.15, 0.2) is 0 Å². The van der Waals surface area contributed by atoms with Gasteiger partial charge in [0.05, 0.1) is 17.3 Å². The van der Waals surface area contributed by atoms with Crippen LogP contribution in [0.2, 0.25) is 0 Å². The standard InChI is InChI=1S/C24H24N4O2S/c1-16-15-27(24(30)13-17-14-25-19-6-3-2-5-18(17)19)11-10-21(16)28-23(29)9-8-20(26-28)22-7-4-12-31-22/h2-9,12,14,16,21,25H,10-11,13,15H2,1H3/t16-,21-/m0/s1. The molecule has 0 unspecified atom stereocenters. The molecule has 158 valence electrons. The summed E-state index contributed by atoms with van der Waals surface area (Å²) in [7, 11) is 0. The highest BCUT2D eigenvalue weighted by Gasteiger charge is 2.31. The van der Waals surface area contributed by atoms with Crippen LogP contribution in [0, 0.1) is 5.92 Å². The molecular weight excluding hydrogens is 408 g/mol. The third-order valence-corrected chi connectivity index (χ3v) is 7.03. The number of fused-ring (bicyclic) bond motifs is 1. The van der Waals surface area contributed by atoms with Gasteiger partial charge in [-0.2, -0.15) is 5.10 Å². The molecule has 1 aliphatic heterocycles. The number of H-pyrrole nitrogens is 1. The zero-order chi connectivity index (χ0) is 21.4. The Morgan fingerprint density at radius 2 is 2.06 bits per heavy atom. The van der Waals surface area contributed by atoms with Crippen LogP contribution >= 0.6 is 11.3 Å². The van der Waals surface area contributed by atoms with Crippen molar-refractivity contribution in [2.75, 3.05) is 13.1 Å². The second kappa shape index (κ2) is 8.15. The van der Waals surface area contributed by atoms with Crippen LogP contribution in [0.15, 0.2) is 64.9 Å². The molecule has 1 saturated heterocycles. The van der Waals surface area contributed by atoms with Gasteiger partial charge >= 0.3 is 0 Å². The normalized spacial score (nSPS) is 19.1. The molecule has 4 aromatic rings. The lowest BCUT2D eigenvalue weighted by atomic mass is 9.93. The van der Waals surface area contributed by atoms with Crippen LogP contribution in [0.4, 0.5) is 0 Å². The van der Waals surface area contributed by atoms with Crippen LogP contribution in [0.1, 0.15) is 24.9 Å². The van der Waals surface area contributed by atoms with Crippen LogP contribution in [0.3, 0.4) is 0 Å². The maximum absolute atomic E-state index is 13.0. The number of benzene rings is 1. The van der Waals surface area contributed by atoms with E-state index in [9.17, 15) is 9.59 Å². The first kappa shape index (κ1) is 19.8. The fraction of sp³-hybridized carbons (Fsp3) is 0.292. The van der Waals surface area contributed by atoms with Crippen molar-refractivity contribution < 1.29 is 4.79 Å². The van der Waals surface area contributed by atoms with Crippen molar-refractivity contribution in [2.45, 2.75) is 25.8 Å². The minimum absolute atomic E-state index is 0.00967. The lowest BCUT2D eigenvalue weighted by molar-refractivity contribution is -0.132. The van der Waals surface area contributed by atoms with E-state index < -0.39 is 0 Å². The Kier molecular flexibility index (Phi) is 5.19. The van der Waals surface area contributed by atoms with E-state index in [0.717, 1.165) is 33.5 Å². The Labute approximate surface area is 184 Å². The number of aromatic nitrogens is 3. The lowest BCUT2D eigenvalue weighted by Gasteiger charge is -2.37. The minimum Gasteiger partial charge on any atom is -0.361 e. The Bertz CT molecular complexity index is 1270. The van der Waals surface area contributed by atoms with E-state index >= 15 is 0 Å². The van der Waals surface area contributed by atoms with E-state index in [0.29, 0.717) is 19.5 Å². The zero-order valence-electron chi connectivity index (χ0n) is 17.3. The summed E-state index contributed by atoms with van der Waals surface area (Å²) in [5.74, 6) is 0.271. The SMILES string of the molecule is C[C@H]1CN(C(=O)Cc2c[nH]c3ccccc23)CC[C@@H]1n1nc(-c2cccs2)ccc1=O. The molecule has 4 heterocycles. The summed E-state index contributed by atoms with van der Waals surface area (Å²) >= 11 is 1.61. The van der Waals surface area contributed by atoms with Crippen LogP contribution < -0.4 is 5.56 Å². The number of thiophene rings is 1. The summed E-state index contributed by atoms with van der Waals surface area (Å²) in [6, 6.07) is 15.4. The van der Waals surface area contributed by atoms with Gasteiger partial charge in [0.25, 0.3) is 5.56 Å². The van der Waals surface area contributed by atoms with Crippen LogP contribution in [-0.2, 0) is 11.2 Å². The van der Waals surface area contributed by atoms with Gasteiger partial charge in [-0.05, 0) is 41.5 Å². The summed E-state index contributed by atoms with van der Waals surface area (Å²) in [5, 5.41) is 7.76. The molecule has 1 aromatic carbocycles. The van der Waals surface area contributed by atoms with E-state index in [1.165, 1.54) is 0 Å². The summed E-state index contributed by atoms with van der Waals surface area (Å²) in [5.41, 5.74) is 2.81. The van der Waals surface area contributed by atoms with Gasteiger partial charge < -0.3 is 9.88 Å². The summed E-state index contributed by atoms with van der Waals surface area (Å²) in [4.78, 5) is 31.8. The first-order valence-corrected chi connectivity index (χ1v) is 11.4. The highest BCUT2D eigenvalue weighted by atomic mass is 32.1. The van der Waals surface area contributed by atoms with Gasteiger partial charge in [-0.15, -0.1) is 11.3 Å². The maximum Gasteiger partial charge on any atom is 0.267 e. The number of nitrogens with one attached hydrogen (secondary N) is 1. The molecular formula is C24H24N4O2S. The summed E-state index contributed by atoms with van der Waals surface area (Å²) < 4.78 is 1.63. The van der Waals surface area contributed by atoms with Crippen LogP contribution in [-0.4, -0.2) is 38.7 Å². The molecule has 7 heteroatoms. The quantitative estimate of drug-likeness (QED) is 0.528. The zero-order valence-corrected chi connectivity index (χ0v) is 18.1. The van der Waals surface area contributed by atoms with Gasteiger partial charge in [-0.3, -0.25) is 9.59 Å². The molecule has 0 radical (unpaired) electrons. The fourth-order valence-electron chi connectivity index (χ4n) is 4.49. The number of carbonyl (C=O) groups is 1. The molecule has 0 aliphatic carbocycles. The van der Waals surface area contributed by atoms with Crippen molar-refractivity contribution in [1.29, 1.82) is 0 Å². The molecule has 2 atom stereocenters. The predicted molar refractivity (Wildman–Crippen MR) is 123 cm³/mol. The first-order valence-electron chi connectivity index (χ1n) is 10.6. The molecule has 1 fully saturated rings. The largest absolute Gasteiger partial charge is 0.361 e. The highest BCUT2D eigenvalue weighted by molar-refractivity contribution is 7.13. The average Bonchev–Trinajstić information content (AvgIpc) is 3.45. The third-order valence-electron chi connectivity index (χ3n) is 6.14. The van der Waals surface area contributed by atoms with E-state index in [-0.39, 0.29) is 23.4 Å². The fourth-order valence-corrected chi connectivity index (χ4v) is 5.18. The van der Waals surface area contributed by atoms with Gasteiger partial charge in [0.1, 0.15) is 5.69 Å². The van der Waals surface area contributed by atoms with Crippen LogP contribution in [0.25, 0.3) is 21.5 Å². The maximum atomic E-state index is 13.0. The van der Waals surface area contributed by atoms with E-state index in [2.05, 4.69) is 17.0 Å². The van der Waals surface area contributed by atoms with Gasteiger partial charge in [-0.25, -0.2) is 4.68 Å². The predicted octanol–water partition coefficient (Wildman–Crippen LogP) is 4.11. The number of carbonyl (C=O) groups excluding carboxylic acids is 1. The van der Waals surface area contributed by atoms with E-state index in [1.807, 2.05) is 52.9 Å². The minimum atomic E-state index is -0.0873. The molecule has 0 bridgehead atoms. The van der Waals surface area contributed by atoms with E-state index in [1.54, 1.807) is 28.2 Å². The topological polar surface area (TPSA) is 71.0 Å². The monoisotopic (exact) mass is 432 g/mol. The Hall–Kier alpha value is -3.19. The van der Waals surface area contributed by atoms with Crippen molar-refractivity contribution >= 4 is 28.1 Å². The Balaban J connectivity index is 1.31. The van der Waals surface area contributed by atoms with Gasteiger partial charge in [0, 0.05) is 36.3 Å². The number of hydrogen-bond acceptors (Lipinski definition) is 4. The molecule has 5 rings (SSSR count). The molecule has 1 aliphatic rings. The van der Waals surface area contributed by atoms with Crippen LogP contribution in [0.5, 0.6) is 0 Å². The second-order valence-corrected chi connectivity index (χ2v) is 9.14. The van der Waals surface area contributed by atoms with E-state index in [4.69, 9.17) is 0 Å². The molecule has 6 nitrogen and oxygen atoms in total. The van der Waals surface area contributed by atoms with Crippen molar-refractivity contribution in [2.24, 2.45) is 5.92 Å². The summed E-state index contributed by atoms with van der Waals surface area (Å²) in [6.07, 6.45) is 3.04. The molecule has 0 spiro atoms. The second-order valence-electron chi connectivity index (χ2n) is 8.19. The average molecular weight is 433 g/mol. The number of rotatable bonds is 4. The molecule has 0 saturated carbocycles. The van der Waals surface area contributed by atoms with Crippen molar-refractivity contribution in [3.05, 3.63) is 76.0 Å². The number of aromatic amines is 1. The van der Waals surface area contributed by atoms with Gasteiger partial charge in [0.2, 0.25) is 5.91 Å². The molecule has 3 aromatic heterocycles. The lowest BCUT2D eigenvalue weighted by Crippen LogP contribution is -2.46. The summed E-state index contributed by atoms with van der Waals surface area (Å²) in [6.45, 7) is 3.36. The number of nitrogens with zero attached hydrogens (tertiary/aromatic N) is 3. The van der Waals surface area contributed by atoms with Crippen molar-refractivity contribution in [1.82, 2.24) is 19.7 Å². The molecule has 1 N–H and O–H groups in total. The van der Waals surface area contributed by atoms with Gasteiger partial charge in [-0.1, -0.05) is 31.2 Å². The Morgan fingerprint density at radius 1 is 1.19 bits per heavy atom.